The van der Waals surface area contributed by atoms with Gasteiger partial charge in [0.05, 0.1) is 5.69 Å². The molecule has 0 unspecified atom stereocenters. The summed E-state index contributed by atoms with van der Waals surface area (Å²) < 4.78 is 0. The Morgan fingerprint density at radius 3 is 2.74 bits per heavy atom. The molecule has 1 aromatic carbocycles. The van der Waals surface area contributed by atoms with Gasteiger partial charge in [-0.1, -0.05) is 30.3 Å². The van der Waals surface area contributed by atoms with E-state index in [0.29, 0.717) is 0 Å². The number of hydrogen-bond acceptors (Lipinski definition) is 6. The van der Waals surface area contributed by atoms with Crippen LogP contribution in [0.15, 0.2) is 48.1 Å². The van der Waals surface area contributed by atoms with Crippen molar-refractivity contribution in [3.05, 3.63) is 53.8 Å². The van der Waals surface area contributed by atoms with Crippen LogP contribution in [0.3, 0.4) is 0 Å². The molecule has 1 N–H and O–H groups in total. The van der Waals surface area contributed by atoms with Crippen molar-refractivity contribution in [2.24, 2.45) is 0 Å². The van der Waals surface area contributed by atoms with Crippen molar-refractivity contribution in [1.29, 1.82) is 0 Å². The average molecular weight is 325 g/mol. The van der Waals surface area contributed by atoms with Crippen LogP contribution >= 0.6 is 11.3 Å². The average Bonchev–Trinajstić information content (AvgIpc) is 3.05. The predicted octanol–water partition coefficient (Wildman–Crippen LogP) is 3.32. The quantitative estimate of drug-likeness (QED) is 0.753. The van der Waals surface area contributed by atoms with E-state index >= 15 is 0 Å². The normalized spacial score (nSPS) is 10.5. The monoisotopic (exact) mass is 325 g/mol. The highest BCUT2D eigenvalue weighted by Crippen LogP contribution is 2.23. The molecule has 6 heteroatoms. The highest BCUT2D eigenvalue weighted by atomic mass is 32.1. The van der Waals surface area contributed by atoms with Gasteiger partial charge in [-0.15, -0.1) is 11.3 Å². The van der Waals surface area contributed by atoms with Crippen LogP contribution in [0.2, 0.25) is 0 Å². The van der Waals surface area contributed by atoms with Crippen molar-refractivity contribution < 1.29 is 0 Å². The molecule has 0 bridgehead atoms. The zero-order valence-corrected chi connectivity index (χ0v) is 14.0. The summed E-state index contributed by atoms with van der Waals surface area (Å²) in [6.07, 6.45) is 2.44. The Labute approximate surface area is 140 Å². The molecule has 118 valence electrons. The highest BCUT2D eigenvalue weighted by Gasteiger charge is 2.05. The van der Waals surface area contributed by atoms with Gasteiger partial charge in [0, 0.05) is 44.1 Å². The SMILES string of the molecule is CN(C)c1cc(NCCc2csc(-c3ccccc3)n2)ncn1. The van der Waals surface area contributed by atoms with E-state index in [-0.39, 0.29) is 0 Å². The van der Waals surface area contributed by atoms with Crippen molar-refractivity contribution in [3.63, 3.8) is 0 Å². The van der Waals surface area contributed by atoms with Gasteiger partial charge in [-0.05, 0) is 0 Å². The van der Waals surface area contributed by atoms with Gasteiger partial charge in [0.25, 0.3) is 0 Å². The number of rotatable bonds is 6. The largest absolute Gasteiger partial charge is 0.370 e. The summed E-state index contributed by atoms with van der Waals surface area (Å²) in [5.74, 6) is 1.73. The summed E-state index contributed by atoms with van der Waals surface area (Å²) in [6, 6.07) is 12.2. The molecule has 0 spiro atoms. The van der Waals surface area contributed by atoms with Gasteiger partial charge in [0.1, 0.15) is 23.0 Å². The predicted molar refractivity (Wildman–Crippen MR) is 96.1 cm³/mol. The third kappa shape index (κ3) is 4.04. The lowest BCUT2D eigenvalue weighted by Crippen LogP contribution is -2.12. The summed E-state index contributed by atoms with van der Waals surface area (Å²) in [5, 5.41) is 6.51. The minimum absolute atomic E-state index is 0.793. The Morgan fingerprint density at radius 2 is 1.96 bits per heavy atom. The van der Waals surface area contributed by atoms with E-state index in [0.717, 1.165) is 35.3 Å². The molecule has 0 radical (unpaired) electrons. The van der Waals surface area contributed by atoms with Crippen molar-refractivity contribution >= 4 is 23.0 Å². The van der Waals surface area contributed by atoms with Gasteiger partial charge in [-0.25, -0.2) is 15.0 Å². The highest BCUT2D eigenvalue weighted by molar-refractivity contribution is 7.13. The number of anilines is 2. The molecule has 2 heterocycles. The van der Waals surface area contributed by atoms with Gasteiger partial charge in [-0.3, -0.25) is 0 Å². The molecule has 0 saturated heterocycles. The van der Waals surface area contributed by atoms with E-state index < -0.39 is 0 Å². The van der Waals surface area contributed by atoms with Crippen molar-refractivity contribution in [2.75, 3.05) is 30.9 Å². The number of thiazole rings is 1. The van der Waals surface area contributed by atoms with E-state index in [1.54, 1.807) is 17.7 Å². The topological polar surface area (TPSA) is 53.9 Å². The molecule has 23 heavy (non-hydrogen) atoms. The fourth-order valence-corrected chi connectivity index (χ4v) is 3.00. The van der Waals surface area contributed by atoms with E-state index in [4.69, 9.17) is 4.98 Å². The molecular weight excluding hydrogens is 306 g/mol. The van der Waals surface area contributed by atoms with Crippen LogP contribution in [0.5, 0.6) is 0 Å². The zero-order chi connectivity index (χ0) is 16.1. The Balaban J connectivity index is 1.57. The van der Waals surface area contributed by atoms with Crippen LogP contribution in [-0.2, 0) is 6.42 Å². The fourth-order valence-electron chi connectivity index (χ4n) is 2.14. The lowest BCUT2D eigenvalue weighted by molar-refractivity contribution is 0.960. The van der Waals surface area contributed by atoms with Crippen molar-refractivity contribution in [1.82, 2.24) is 15.0 Å². The molecule has 0 atom stereocenters. The standard InChI is InChI=1S/C17H19N5S/c1-22(2)16-10-15(19-12-20-16)18-9-8-14-11-23-17(21-14)13-6-4-3-5-7-13/h3-7,10-12H,8-9H2,1-2H3,(H,18,19,20). The minimum atomic E-state index is 0.793. The van der Waals surface area contributed by atoms with Crippen molar-refractivity contribution in [3.8, 4) is 10.6 Å². The second kappa shape index (κ2) is 7.19. The summed E-state index contributed by atoms with van der Waals surface area (Å²) in [7, 11) is 3.93. The first-order valence-electron chi connectivity index (χ1n) is 7.45. The molecule has 3 aromatic rings. The molecule has 0 amide bonds. The summed E-state index contributed by atoms with van der Waals surface area (Å²) in [4.78, 5) is 15.1. The summed E-state index contributed by atoms with van der Waals surface area (Å²) >= 11 is 1.68. The van der Waals surface area contributed by atoms with Crippen LogP contribution in [-0.4, -0.2) is 35.6 Å². The van der Waals surface area contributed by atoms with Crippen LogP contribution in [0, 0.1) is 0 Å². The van der Waals surface area contributed by atoms with Crippen LogP contribution < -0.4 is 10.2 Å². The molecule has 0 aliphatic rings. The Morgan fingerprint density at radius 1 is 1.13 bits per heavy atom. The molecule has 0 aliphatic carbocycles. The maximum atomic E-state index is 4.69. The van der Waals surface area contributed by atoms with Gasteiger partial charge >= 0.3 is 0 Å². The molecule has 2 aromatic heterocycles. The number of hydrogen-bond donors (Lipinski definition) is 1. The molecule has 0 aliphatic heterocycles. The minimum Gasteiger partial charge on any atom is -0.370 e. The smallest absolute Gasteiger partial charge is 0.133 e. The first-order valence-corrected chi connectivity index (χ1v) is 8.33. The second-order valence-corrected chi connectivity index (χ2v) is 6.20. The fraction of sp³-hybridized carbons (Fsp3) is 0.235. The summed E-state index contributed by atoms with van der Waals surface area (Å²) in [5.41, 5.74) is 2.27. The maximum absolute atomic E-state index is 4.69. The summed E-state index contributed by atoms with van der Waals surface area (Å²) in [6.45, 7) is 0.793. The Hall–Kier alpha value is -2.47. The van der Waals surface area contributed by atoms with Gasteiger partial charge in [-0.2, -0.15) is 0 Å². The first kappa shape index (κ1) is 15.4. The molecule has 0 saturated carbocycles. The third-order valence-corrected chi connectivity index (χ3v) is 4.31. The van der Waals surface area contributed by atoms with Gasteiger partial charge < -0.3 is 10.2 Å². The lowest BCUT2D eigenvalue weighted by Gasteiger charge is -2.12. The van der Waals surface area contributed by atoms with Gasteiger partial charge in [0.2, 0.25) is 0 Å². The van der Waals surface area contributed by atoms with E-state index in [1.807, 2.05) is 43.3 Å². The van der Waals surface area contributed by atoms with E-state index in [9.17, 15) is 0 Å². The van der Waals surface area contributed by atoms with E-state index in [2.05, 4.69) is 32.8 Å². The Kier molecular flexibility index (Phi) is 4.83. The van der Waals surface area contributed by atoms with Crippen LogP contribution in [0.4, 0.5) is 11.6 Å². The van der Waals surface area contributed by atoms with E-state index in [1.165, 1.54) is 5.56 Å². The lowest BCUT2D eigenvalue weighted by atomic mass is 10.2. The third-order valence-electron chi connectivity index (χ3n) is 3.37. The van der Waals surface area contributed by atoms with Crippen molar-refractivity contribution in [2.45, 2.75) is 6.42 Å². The van der Waals surface area contributed by atoms with Crippen LogP contribution in [0.25, 0.3) is 10.6 Å². The number of aromatic nitrogens is 3. The van der Waals surface area contributed by atoms with Gasteiger partial charge in [0.15, 0.2) is 0 Å². The molecule has 5 nitrogen and oxygen atoms in total. The number of nitrogens with one attached hydrogen (secondary N) is 1. The van der Waals surface area contributed by atoms with Crippen LogP contribution in [0.1, 0.15) is 5.69 Å². The molecule has 0 fully saturated rings. The Bertz CT molecular complexity index is 754. The number of nitrogens with zero attached hydrogens (tertiary/aromatic N) is 4. The molecular formula is C17H19N5S. The number of benzene rings is 1. The first-order chi connectivity index (χ1) is 11.2. The molecule has 3 rings (SSSR count). The maximum Gasteiger partial charge on any atom is 0.133 e. The second-order valence-electron chi connectivity index (χ2n) is 5.34. The zero-order valence-electron chi connectivity index (χ0n) is 13.2.